The Bertz CT molecular complexity index is 696. The van der Waals surface area contributed by atoms with Gasteiger partial charge in [0.15, 0.2) is 0 Å². The summed E-state index contributed by atoms with van der Waals surface area (Å²) in [5, 5.41) is 0. The summed E-state index contributed by atoms with van der Waals surface area (Å²) in [6.45, 7) is 28.9. The lowest BCUT2D eigenvalue weighted by atomic mass is 9.89. The third-order valence-corrected chi connectivity index (χ3v) is 10.7. The first-order valence-electron chi connectivity index (χ1n) is 22.8. The number of allylic oxidation sites excluding steroid dienone is 2. The third-order valence-electron chi connectivity index (χ3n) is 10.7. The first kappa shape index (κ1) is 51.1. The summed E-state index contributed by atoms with van der Waals surface area (Å²) in [5.41, 5.74) is 1.42. The van der Waals surface area contributed by atoms with Gasteiger partial charge in [0.05, 0.1) is 0 Å². The van der Waals surface area contributed by atoms with Crippen molar-refractivity contribution < 1.29 is 0 Å². The van der Waals surface area contributed by atoms with Crippen LogP contribution in [0.1, 0.15) is 235 Å². The highest BCUT2D eigenvalue weighted by molar-refractivity contribution is 4.95. The zero-order valence-corrected chi connectivity index (χ0v) is 36.0. The highest BCUT2D eigenvalue weighted by Crippen LogP contribution is 2.24. The molecule has 2 atom stereocenters. The molecule has 0 heterocycles. The van der Waals surface area contributed by atoms with Crippen molar-refractivity contribution in [3.8, 4) is 0 Å². The molecular weight excluding hydrogens is 605 g/mol. The predicted octanol–water partition coefficient (Wildman–Crippen LogP) is 16.5. The second-order valence-electron chi connectivity index (χ2n) is 16.0. The molecule has 2 unspecified atom stereocenters. The monoisotopic (exact) mass is 701 g/mol. The van der Waals surface area contributed by atoms with E-state index in [1.54, 1.807) is 0 Å². The van der Waals surface area contributed by atoms with Gasteiger partial charge in [-0.2, -0.15) is 0 Å². The second kappa shape index (κ2) is 42.4. The van der Waals surface area contributed by atoms with Gasteiger partial charge in [0.2, 0.25) is 0 Å². The normalized spacial score (nSPS) is 12.6. The first-order valence-corrected chi connectivity index (χ1v) is 22.8. The van der Waals surface area contributed by atoms with Crippen LogP contribution in [0.3, 0.4) is 0 Å². The molecule has 0 aliphatic rings. The Morgan fingerprint density at radius 2 is 0.900 bits per heavy atom. The SMILES string of the molecule is C=C(C)C(CCCCCC)CCCCCCCC.C=CN(/C=C\C)CCCN(CCCCCCC)CC(C)CCCCCCCCCCCC. The maximum atomic E-state index is 4.18. The lowest BCUT2D eigenvalue weighted by Crippen LogP contribution is -2.32. The minimum absolute atomic E-state index is 0.799. The maximum absolute atomic E-state index is 4.18. The maximum Gasteiger partial charge on any atom is 0.0231 e. The zero-order chi connectivity index (χ0) is 37.3. The molecule has 0 radical (unpaired) electrons. The van der Waals surface area contributed by atoms with E-state index in [2.05, 4.69) is 83.7 Å². The van der Waals surface area contributed by atoms with Gasteiger partial charge in [0.25, 0.3) is 0 Å². The van der Waals surface area contributed by atoms with Gasteiger partial charge in [-0.1, -0.05) is 214 Å². The standard InChI is InChI=1S/C30H60N2.C18H36/c1-6-10-12-14-15-16-17-18-19-21-24-30(5)29-32(26-22-20-13-11-7-2)28-23-27-31(9-4)25-8-3;1-5-7-9-11-12-14-16-18(17(3)4)15-13-10-8-6-2/h8-9,25,30H,4,6-7,10-24,26-29H2,1-3,5H3;18H,3,5-16H2,1-2,4H3/b25-8-;. The van der Waals surface area contributed by atoms with Gasteiger partial charge in [-0.25, -0.2) is 0 Å². The van der Waals surface area contributed by atoms with Gasteiger partial charge in [0, 0.05) is 13.1 Å². The van der Waals surface area contributed by atoms with E-state index < -0.39 is 0 Å². The molecule has 2 nitrogen and oxygen atoms in total. The fourth-order valence-electron chi connectivity index (χ4n) is 7.27. The van der Waals surface area contributed by atoms with Crippen LogP contribution in [-0.4, -0.2) is 36.0 Å². The summed E-state index contributed by atoms with van der Waals surface area (Å²) in [6.07, 6.45) is 46.9. The molecule has 0 aromatic carbocycles. The van der Waals surface area contributed by atoms with E-state index in [0.717, 1.165) is 18.4 Å². The molecule has 0 saturated heterocycles. The molecule has 0 aliphatic heterocycles. The molecule has 50 heavy (non-hydrogen) atoms. The third kappa shape index (κ3) is 38.2. The largest absolute Gasteiger partial charge is 0.355 e. The summed E-state index contributed by atoms with van der Waals surface area (Å²) in [7, 11) is 0. The van der Waals surface area contributed by atoms with Crippen LogP contribution in [-0.2, 0) is 0 Å². The van der Waals surface area contributed by atoms with Crippen LogP contribution in [0, 0.1) is 11.8 Å². The Labute approximate surface area is 318 Å². The Morgan fingerprint density at radius 1 is 0.520 bits per heavy atom. The summed E-state index contributed by atoms with van der Waals surface area (Å²) in [5.74, 6) is 1.62. The van der Waals surface area contributed by atoms with Crippen molar-refractivity contribution in [1.82, 2.24) is 9.80 Å². The smallest absolute Gasteiger partial charge is 0.0231 e. The number of nitrogens with zero attached hydrogens (tertiary/aromatic N) is 2. The van der Waals surface area contributed by atoms with E-state index in [1.165, 1.54) is 211 Å². The average Bonchev–Trinajstić information content (AvgIpc) is 3.10. The summed E-state index contributed by atoms with van der Waals surface area (Å²) < 4.78 is 0. The molecule has 0 fully saturated rings. The van der Waals surface area contributed by atoms with Gasteiger partial charge in [0.1, 0.15) is 0 Å². The Morgan fingerprint density at radius 3 is 1.32 bits per heavy atom. The zero-order valence-electron chi connectivity index (χ0n) is 36.0. The molecule has 0 aromatic rings. The molecule has 0 rings (SSSR count). The van der Waals surface area contributed by atoms with E-state index in [4.69, 9.17) is 0 Å². The Kier molecular flexibility index (Phi) is 43.3. The summed E-state index contributed by atoms with van der Waals surface area (Å²) >= 11 is 0. The molecule has 0 spiro atoms. The number of unbranched alkanes of at least 4 members (excludes halogenated alkanes) is 21. The summed E-state index contributed by atoms with van der Waals surface area (Å²) in [6, 6.07) is 0. The quantitative estimate of drug-likeness (QED) is 0.0467. The molecule has 0 amide bonds. The van der Waals surface area contributed by atoms with Gasteiger partial charge in [-0.05, 0) is 83.3 Å². The van der Waals surface area contributed by atoms with Crippen LogP contribution in [0.5, 0.6) is 0 Å². The lowest BCUT2D eigenvalue weighted by molar-refractivity contribution is 0.217. The van der Waals surface area contributed by atoms with Crippen LogP contribution in [0.4, 0.5) is 0 Å². The van der Waals surface area contributed by atoms with Crippen molar-refractivity contribution in [1.29, 1.82) is 0 Å². The predicted molar refractivity (Wildman–Crippen MR) is 232 cm³/mol. The van der Waals surface area contributed by atoms with Crippen molar-refractivity contribution in [2.24, 2.45) is 11.8 Å². The topological polar surface area (TPSA) is 6.48 Å². The van der Waals surface area contributed by atoms with Crippen LogP contribution in [0.2, 0.25) is 0 Å². The van der Waals surface area contributed by atoms with Gasteiger partial charge >= 0.3 is 0 Å². The van der Waals surface area contributed by atoms with Gasteiger partial charge in [-0.15, -0.1) is 0 Å². The number of hydrogen-bond donors (Lipinski definition) is 0. The average molecular weight is 701 g/mol. The van der Waals surface area contributed by atoms with Gasteiger partial charge < -0.3 is 9.80 Å². The first-order chi connectivity index (χ1) is 24.4. The molecule has 2 heteroatoms. The van der Waals surface area contributed by atoms with E-state index in [0.29, 0.717) is 0 Å². The molecule has 0 saturated carbocycles. The van der Waals surface area contributed by atoms with Crippen molar-refractivity contribution in [3.05, 3.63) is 37.2 Å². The van der Waals surface area contributed by atoms with E-state index in [-0.39, 0.29) is 0 Å². The molecule has 0 aliphatic carbocycles. The molecular formula is C48H96N2. The summed E-state index contributed by atoms with van der Waals surface area (Å²) in [4.78, 5) is 4.97. The van der Waals surface area contributed by atoms with Crippen molar-refractivity contribution in [2.45, 2.75) is 235 Å². The van der Waals surface area contributed by atoms with Gasteiger partial charge in [-0.3, -0.25) is 0 Å². The Hall–Kier alpha value is -1.02. The van der Waals surface area contributed by atoms with Crippen LogP contribution < -0.4 is 0 Å². The van der Waals surface area contributed by atoms with E-state index in [1.807, 2.05) is 6.20 Å². The second-order valence-corrected chi connectivity index (χ2v) is 16.0. The molecule has 0 bridgehead atoms. The van der Waals surface area contributed by atoms with Crippen molar-refractivity contribution in [2.75, 3.05) is 26.2 Å². The molecule has 298 valence electrons. The van der Waals surface area contributed by atoms with E-state index >= 15 is 0 Å². The highest BCUT2D eigenvalue weighted by atomic mass is 15.1. The highest BCUT2D eigenvalue weighted by Gasteiger charge is 2.11. The molecule has 0 N–H and O–H groups in total. The fraction of sp³-hybridized carbons (Fsp3) is 0.875. The number of hydrogen-bond acceptors (Lipinski definition) is 2. The minimum atomic E-state index is 0.799. The lowest BCUT2D eigenvalue weighted by Gasteiger charge is -2.27. The van der Waals surface area contributed by atoms with E-state index in [9.17, 15) is 0 Å². The Balaban J connectivity index is 0. The van der Waals surface area contributed by atoms with Crippen LogP contribution >= 0.6 is 0 Å². The minimum Gasteiger partial charge on any atom is -0.355 e. The molecule has 0 aromatic heterocycles. The van der Waals surface area contributed by atoms with Crippen LogP contribution in [0.25, 0.3) is 0 Å². The fourth-order valence-corrected chi connectivity index (χ4v) is 7.27. The van der Waals surface area contributed by atoms with Crippen molar-refractivity contribution in [3.63, 3.8) is 0 Å². The van der Waals surface area contributed by atoms with Crippen molar-refractivity contribution >= 4 is 0 Å². The van der Waals surface area contributed by atoms with Crippen LogP contribution in [0.15, 0.2) is 37.2 Å². The number of rotatable bonds is 38.